The molecule has 22 heavy (non-hydrogen) atoms. The van der Waals surface area contributed by atoms with Gasteiger partial charge in [-0.15, -0.1) is 0 Å². The molecule has 1 aliphatic heterocycles. The molecule has 120 valence electrons. The summed E-state index contributed by atoms with van der Waals surface area (Å²) in [4.78, 5) is 26.3. The smallest absolute Gasteiger partial charge is 0.317 e. The number of β-amino-alcohol motifs (C(OH)–C–C–N with tert-alkyl or cyclic N) is 1. The highest BCUT2D eigenvalue weighted by atomic mass is 16.4. The Hall–Kier alpha value is -1.92. The van der Waals surface area contributed by atoms with Crippen molar-refractivity contribution in [1.82, 2.24) is 9.80 Å². The van der Waals surface area contributed by atoms with E-state index in [1.807, 2.05) is 31.2 Å². The first-order valence-corrected chi connectivity index (χ1v) is 7.30. The number of hydrogen-bond acceptors (Lipinski definition) is 4. The Bertz CT molecular complexity index is 561. The maximum absolute atomic E-state index is 12.3. The zero-order valence-corrected chi connectivity index (χ0v) is 12.9. The van der Waals surface area contributed by atoms with Gasteiger partial charge in [0.15, 0.2) is 0 Å². The number of aryl methyl sites for hydroxylation is 1. The molecule has 1 unspecified atom stereocenters. The maximum atomic E-state index is 12.3. The third kappa shape index (κ3) is 4.05. The quantitative estimate of drug-likeness (QED) is 0.808. The minimum atomic E-state index is -0.945. The predicted molar refractivity (Wildman–Crippen MR) is 81.5 cm³/mol. The highest BCUT2D eigenvalue weighted by Crippen LogP contribution is 2.17. The van der Waals surface area contributed by atoms with Gasteiger partial charge in [-0.1, -0.05) is 29.8 Å². The molecule has 0 bridgehead atoms. The number of carboxylic acid groups (broad SMARTS) is 1. The molecule has 1 aliphatic rings. The molecule has 0 aliphatic carbocycles. The fourth-order valence-corrected chi connectivity index (χ4v) is 2.85. The summed E-state index contributed by atoms with van der Waals surface area (Å²) in [5, 5.41) is 18.9. The van der Waals surface area contributed by atoms with Crippen LogP contribution in [0.1, 0.15) is 11.1 Å². The molecule has 1 aromatic rings. The molecule has 0 aromatic heterocycles. The van der Waals surface area contributed by atoms with Crippen LogP contribution in [0.2, 0.25) is 0 Å². The topological polar surface area (TPSA) is 81.1 Å². The van der Waals surface area contributed by atoms with E-state index in [0.29, 0.717) is 13.0 Å². The molecule has 1 fully saturated rings. The second-order valence-corrected chi connectivity index (χ2v) is 5.91. The van der Waals surface area contributed by atoms with Gasteiger partial charge in [0.1, 0.15) is 0 Å². The van der Waals surface area contributed by atoms with Gasteiger partial charge in [0.2, 0.25) is 5.91 Å². The van der Waals surface area contributed by atoms with Crippen molar-refractivity contribution in [1.29, 1.82) is 0 Å². The normalized spacial score (nSPS) is 21.4. The van der Waals surface area contributed by atoms with Crippen LogP contribution < -0.4 is 0 Å². The fourth-order valence-electron chi connectivity index (χ4n) is 2.85. The van der Waals surface area contributed by atoms with Gasteiger partial charge in [-0.3, -0.25) is 14.5 Å². The zero-order valence-electron chi connectivity index (χ0n) is 12.9. The molecule has 2 rings (SSSR count). The number of carbonyl (C=O) groups is 2. The van der Waals surface area contributed by atoms with Crippen LogP contribution in [0.4, 0.5) is 0 Å². The molecule has 6 heteroatoms. The Morgan fingerprint density at radius 3 is 2.73 bits per heavy atom. The molecule has 1 aromatic carbocycles. The van der Waals surface area contributed by atoms with Crippen LogP contribution in [-0.4, -0.2) is 70.7 Å². The van der Waals surface area contributed by atoms with Crippen LogP contribution in [-0.2, 0) is 16.0 Å². The number of aliphatic hydroxyl groups excluding tert-OH is 1. The first-order chi connectivity index (χ1) is 10.4. The minimum Gasteiger partial charge on any atom is -0.480 e. The van der Waals surface area contributed by atoms with Crippen LogP contribution in [0.5, 0.6) is 0 Å². The summed E-state index contributed by atoms with van der Waals surface area (Å²) in [6.07, 6.45) is -0.421. The lowest BCUT2D eigenvalue weighted by Crippen LogP contribution is -2.43. The van der Waals surface area contributed by atoms with E-state index < -0.39 is 12.1 Å². The number of aliphatic carboxylic acids is 1. The number of aliphatic hydroxyl groups is 1. The van der Waals surface area contributed by atoms with Crippen LogP contribution in [0.15, 0.2) is 24.3 Å². The van der Waals surface area contributed by atoms with Crippen LogP contribution in [0.3, 0.4) is 0 Å². The van der Waals surface area contributed by atoms with Crippen LogP contribution >= 0.6 is 0 Å². The Morgan fingerprint density at radius 1 is 1.36 bits per heavy atom. The van der Waals surface area contributed by atoms with E-state index >= 15 is 0 Å². The molecule has 6 nitrogen and oxygen atoms in total. The molecule has 0 radical (unpaired) electrons. The van der Waals surface area contributed by atoms with Gasteiger partial charge in [0, 0.05) is 13.1 Å². The van der Waals surface area contributed by atoms with E-state index in [0.717, 1.165) is 11.1 Å². The number of rotatable bonds is 5. The number of benzene rings is 1. The van der Waals surface area contributed by atoms with Crippen molar-refractivity contribution in [3.8, 4) is 0 Å². The second-order valence-electron chi connectivity index (χ2n) is 5.91. The number of hydrogen-bond donors (Lipinski definition) is 2. The lowest BCUT2D eigenvalue weighted by Gasteiger charge is -2.24. The maximum Gasteiger partial charge on any atom is 0.317 e. The van der Waals surface area contributed by atoms with Gasteiger partial charge in [0.05, 0.1) is 25.1 Å². The second kappa shape index (κ2) is 6.89. The van der Waals surface area contributed by atoms with Crippen molar-refractivity contribution in [3.05, 3.63) is 35.4 Å². The van der Waals surface area contributed by atoms with Gasteiger partial charge in [-0.2, -0.15) is 0 Å². The number of carboxylic acids is 1. The Kier molecular flexibility index (Phi) is 5.15. The third-order valence-electron chi connectivity index (χ3n) is 4.00. The molecule has 0 spiro atoms. The molecule has 0 saturated carbocycles. The van der Waals surface area contributed by atoms with E-state index in [-0.39, 0.29) is 25.0 Å². The Balaban J connectivity index is 1.96. The molecular formula is C16H22N2O4. The standard InChI is InChI=1S/C16H22N2O4/c1-11-4-3-5-12(6-11)7-15(20)18-8-13(14(19)9-18)17(2)10-16(21)22/h3-6,13-14,19H,7-10H2,1-2H3,(H,21,22)/t13?,14-/m1/s1. The average Bonchev–Trinajstić information content (AvgIpc) is 2.80. The van der Waals surface area contributed by atoms with E-state index in [9.17, 15) is 14.7 Å². The fraction of sp³-hybridized carbons (Fsp3) is 0.500. The first-order valence-electron chi connectivity index (χ1n) is 7.30. The van der Waals surface area contributed by atoms with E-state index in [1.54, 1.807) is 16.8 Å². The average molecular weight is 306 g/mol. The predicted octanol–water partition coefficient (Wildman–Crippen LogP) is 0.126. The number of likely N-dealkylation sites (tertiary alicyclic amines) is 1. The first kappa shape index (κ1) is 16.5. The largest absolute Gasteiger partial charge is 0.480 e. The number of carbonyl (C=O) groups excluding carboxylic acids is 1. The van der Waals surface area contributed by atoms with Gasteiger partial charge in [-0.05, 0) is 19.5 Å². The zero-order chi connectivity index (χ0) is 16.3. The van der Waals surface area contributed by atoms with Crippen molar-refractivity contribution in [3.63, 3.8) is 0 Å². The van der Waals surface area contributed by atoms with Crippen molar-refractivity contribution in [2.75, 3.05) is 26.7 Å². The summed E-state index contributed by atoms with van der Waals surface area (Å²) in [5.41, 5.74) is 2.05. The molecule has 1 heterocycles. The van der Waals surface area contributed by atoms with E-state index in [2.05, 4.69) is 0 Å². The third-order valence-corrected chi connectivity index (χ3v) is 4.00. The highest BCUT2D eigenvalue weighted by Gasteiger charge is 2.36. The van der Waals surface area contributed by atoms with Crippen molar-refractivity contribution in [2.45, 2.75) is 25.5 Å². The highest BCUT2D eigenvalue weighted by molar-refractivity contribution is 5.79. The van der Waals surface area contributed by atoms with Crippen LogP contribution in [0.25, 0.3) is 0 Å². The van der Waals surface area contributed by atoms with Crippen molar-refractivity contribution in [2.24, 2.45) is 0 Å². The van der Waals surface area contributed by atoms with E-state index in [1.165, 1.54) is 0 Å². The summed E-state index contributed by atoms with van der Waals surface area (Å²) < 4.78 is 0. The number of nitrogens with zero attached hydrogens (tertiary/aromatic N) is 2. The number of amides is 1. The number of likely N-dealkylation sites (N-methyl/N-ethyl adjacent to an activating group) is 1. The van der Waals surface area contributed by atoms with Crippen LogP contribution in [0, 0.1) is 6.92 Å². The molecule has 1 saturated heterocycles. The summed E-state index contributed by atoms with van der Waals surface area (Å²) in [6.45, 7) is 2.43. The lowest BCUT2D eigenvalue weighted by atomic mass is 10.1. The lowest BCUT2D eigenvalue weighted by molar-refractivity contribution is -0.138. The van der Waals surface area contributed by atoms with Crippen molar-refractivity contribution >= 4 is 11.9 Å². The van der Waals surface area contributed by atoms with Gasteiger partial charge in [-0.25, -0.2) is 0 Å². The molecule has 1 amide bonds. The van der Waals surface area contributed by atoms with Crippen molar-refractivity contribution < 1.29 is 19.8 Å². The molecule has 2 N–H and O–H groups in total. The minimum absolute atomic E-state index is 0.0455. The summed E-state index contributed by atoms with van der Waals surface area (Å²) in [6, 6.07) is 7.44. The molecule has 2 atom stereocenters. The van der Waals surface area contributed by atoms with Gasteiger partial charge >= 0.3 is 5.97 Å². The van der Waals surface area contributed by atoms with Gasteiger partial charge < -0.3 is 15.1 Å². The summed E-state index contributed by atoms with van der Waals surface area (Å²) in [7, 11) is 1.65. The van der Waals surface area contributed by atoms with Gasteiger partial charge in [0.25, 0.3) is 0 Å². The molecular weight excluding hydrogens is 284 g/mol. The summed E-state index contributed by atoms with van der Waals surface area (Å²) >= 11 is 0. The van der Waals surface area contributed by atoms with E-state index in [4.69, 9.17) is 5.11 Å². The SMILES string of the molecule is Cc1cccc(CC(=O)N2CC(N(C)CC(=O)O)[C@H](O)C2)c1. The Morgan fingerprint density at radius 2 is 2.09 bits per heavy atom. The Labute approximate surface area is 130 Å². The monoisotopic (exact) mass is 306 g/mol. The summed E-state index contributed by atoms with van der Waals surface area (Å²) in [5.74, 6) is -0.991.